The summed E-state index contributed by atoms with van der Waals surface area (Å²) in [4.78, 5) is 15.0. The molecule has 0 amide bonds. The van der Waals surface area contributed by atoms with Crippen LogP contribution in [0.5, 0.6) is 11.5 Å². The van der Waals surface area contributed by atoms with Gasteiger partial charge in [-0.3, -0.25) is 0 Å². The van der Waals surface area contributed by atoms with Crippen LogP contribution in [0.2, 0.25) is 0 Å². The number of ether oxygens (including phenoxy) is 2. The Balaban J connectivity index is 2.24. The van der Waals surface area contributed by atoms with Gasteiger partial charge in [-0.1, -0.05) is 0 Å². The minimum atomic E-state index is -1.05. The van der Waals surface area contributed by atoms with E-state index >= 15 is 0 Å². The van der Waals surface area contributed by atoms with Gasteiger partial charge in [-0.2, -0.15) is 5.10 Å². The minimum Gasteiger partial charge on any atom is -0.490 e. The third kappa shape index (κ3) is 4.25. The lowest BCUT2D eigenvalue weighted by Gasteiger charge is -2.15. The first-order valence-electron chi connectivity index (χ1n) is 7.42. The number of carboxylic acids is 1. The first kappa shape index (κ1) is 17.3. The molecule has 0 saturated heterocycles. The molecule has 1 aromatic heterocycles. The molecule has 8 nitrogen and oxygen atoms in total. The van der Waals surface area contributed by atoms with Crippen LogP contribution in [-0.4, -0.2) is 39.7 Å². The Labute approximate surface area is 139 Å². The van der Waals surface area contributed by atoms with Crippen LogP contribution in [0.15, 0.2) is 29.5 Å². The van der Waals surface area contributed by atoms with Crippen LogP contribution in [0.4, 0.5) is 5.95 Å². The van der Waals surface area contributed by atoms with Gasteiger partial charge in [0, 0.05) is 0 Å². The second kappa shape index (κ2) is 7.49. The SMILES string of the molecule is CCOc1cc(C=Nn2cc(C)nc2N)ccc1OC(C)C(=O)O. The molecule has 0 bridgehead atoms. The molecule has 0 aliphatic carbocycles. The Morgan fingerprint density at radius 3 is 2.83 bits per heavy atom. The number of nitrogen functional groups attached to an aromatic ring is 1. The van der Waals surface area contributed by atoms with E-state index in [2.05, 4.69) is 10.1 Å². The Hall–Kier alpha value is -3.03. The van der Waals surface area contributed by atoms with Gasteiger partial charge in [0.2, 0.25) is 5.95 Å². The van der Waals surface area contributed by atoms with Crippen molar-refractivity contribution in [2.75, 3.05) is 12.3 Å². The van der Waals surface area contributed by atoms with Gasteiger partial charge < -0.3 is 20.3 Å². The molecule has 3 N–H and O–H groups in total. The predicted octanol–water partition coefficient (Wildman–Crippen LogP) is 1.91. The number of anilines is 1. The maximum atomic E-state index is 10.9. The maximum absolute atomic E-state index is 10.9. The van der Waals surface area contributed by atoms with Crippen molar-refractivity contribution in [3.8, 4) is 11.5 Å². The molecule has 0 aliphatic heterocycles. The summed E-state index contributed by atoms with van der Waals surface area (Å²) in [5.74, 6) is 0.0595. The third-order valence-corrected chi connectivity index (χ3v) is 3.09. The number of hydrogen-bond acceptors (Lipinski definition) is 6. The lowest BCUT2D eigenvalue weighted by Crippen LogP contribution is -2.23. The van der Waals surface area contributed by atoms with E-state index in [1.807, 2.05) is 13.8 Å². The van der Waals surface area contributed by atoms with Gasteiger partial charge in [-0.05, 0) is 44.5 Å². The summed E-state index contributed by atoms with van der Waals surface area (Å²) >= 11 is 0. The molecule has 1 aromatic carbocycles. The number of rotatable bonds is 7. The second-order valence-electron chi connectivity index (χ2n) is 5.07. The van der Waals surface area contributed by atoms with Crippen molar-refractivity contribution < 1.29 is 19.4 Å². The van der Waals surface area contributed by atoms with Crippen molar-refractivity contribution in [2.45, 2.75) is 26.9 Å². The zero-order valence-corrected chi connectivity index (χ0v) is 13.8. The van der Waals surface area contributed by atoms with Crippen LogP contribution >= 0.6 is 0 Å². The molecule has 24 heavy (non-hydrogen) atoms. The maximum Gasteiger partial charge on any atom is 0.344 e. The van der Waals surface area contributed by atoms with E-state index in [9.17, 15) is 4.79 Å². The van der Waals surface area contributed by atoms with Gasteiger partial charge in [0.05, 0.1) is 24.7 Å². The number of nitrogens with zero attached hydrogens (tertiary/aromatic N) is 3. The van der Waals surface area contributed by atoms with E-state index in [1.54, 1.807) is 30.6 Å². The van der Waals surface area contributed by atoms with E-state index < -0.39 is 12.1 Å². The van der Waals surface area contributed by atoms with Crippen molar-refractivity contribution in [1.29, 1.82) is 0 Å². The van der Waals surface area contributed by atoms with E-state index in [-0.39, 0.29) is 0 Å². The monoisotopic (exact) mass is 332 g/mol. The number of benzene rings is 1. The minimum absolute atomic E-state index is 0.295. The molecule has 1 heterocycles. The Morgan fingerprint density at radius 1 is 1.50 bits per heavy atom. The van der Waals surface area contributed by atoms with Gasteiger partial charge in [0.15, 0.2) is 17.6 Å². The molecule has 0 spiro atoms. The fourth-order valence-corrected chi connectivity index (χ4v) is 1.94. The Morgan fingerprint density at radius 2 is 2.25 bits per heavy atom. The number of aliphatic carboxylic acids is 1. The lowest BCUT2D eigenvalue weighted by atomic mass is 10.2. The second-order valence-corrected chi connectivity index (χ2v) is 5.07. The normalized spacial score (nSPS) is 12.3. The molecular formula is C16H20N4O4. The summed E-state index contributed by atoms with van der Waals surface area (Å²) < 4.78 is 12.4. The molecule has 128 valence electrons. The van der Waals surface area contributed by atoms with Gasteiger partial charge >= 0.3 is 5.97 Å². The van der Waals surface area contributed by atoms with Gasteiger partial charge in [-0.15, -0.1) is 0 Å². The van der Waals surface area contributed by atoms with Gasteiger partial charge in [-0.25, -0.2) is 14.5 Å². The summed E-state index contributed by atoms with van der Waals surface area (Å²) in [6, 6.07) is 5.11. The number of carboxylic acid groups (broad SMARTS) is 1. The number of hydrogen-bond donors (Lipinski definition) is 2. The number of aryl methyl sites for hydroxylation is 1. The van der Waals surface area contributed by atoms with Crippen molar-refractivity contribution in [1.82, 2.24) is 9.66 Å². The average Bonchev–Trinajstić information content (AvgIpc) is 2.85. The Kier molecular flexibility index (Phi) is 5.41. The highest BCUT2D eigenvalue weighted by atomic mass is 16.5. The molecule has 0 fully saturated rings. The van der Waals surface area contributed by atoms with E-state index in [1.165, 1.54) is 11.6 Å². The van der Waals surface area contributed by atoms with Crippen LogP contribution < -0.4 is 15.2 Å². The fourth-order valence-electron chi connectivity index (χ4n) is 1.94. The van der Waals surface area contributed by atoms with Crippen molar-refractivity contribution in [3.05, 3.63) is 35.7 Å². The van der Waals surface area contributed by atoms with E-state index in [0.29, 0.717) is 24.1 Å². The molecule has 2 rings (SSSR count). The van der Waals surface area contributed by atoms with Gasteiger partial charge in [0.1, 0.15) is 0 Å². The largest absolute Gasteiger partial charge is 0.490 e. The molecule has 8 heteroatoms. The first-order chi connectivity index (χ1) is 11.4. The topological polar surface area (TPSA) is 112 Å². The summed E-state index contributed by atoms with van der Waals surface area (Å²) in [6.07, 6.45) is 2.34. The van der Waals surface area contributed by atoms with Crippen LogP contribution in [-0.2, 0) is 4.79 Å². The third-order valence-electron chi connectivity index (χ3n) is 3.09. The highest BCUT2D eigenvalue weighted by Crippen LogP contribution is 2.29. The molecular weight excluding hydrogens is 312 g/mol. The zero-order valence-electron chi connectivity index (χ0n) is 13.8. The van der Waals surface area contributed by atoms with Crippen molar-refractivity contribution in [2.24, 2.45) is 5.10 Å². The average molecular weight is 332 g/mol. The van der Waals surface area contributed by atoms with Gasteiger partial charge in [0.25, 0.3) is 0 Å². The zero-order chi connectivity index (χ0) is 17.7. The van der Waals surface area contributed by atoms with E-state index in [4.69, 9.17) is 20.3 Å². The molecule has 0 radical (unpaired) electrons. The molecule has 0 aliphatic rings. The molecule has 2 aromatic rings. The van der Waals surface area contributed by atoms with Crippen molar-refractivity contribution in [3.63, 3.8) is 0 Å². The highest BCUT2D eigenvalue weighted by Gasteiger charge is 2.15. The number of aromatic nitrogens is 2. The quantitative estimate of drug-likeness (QED) is 0.749. The summed E-state index contributed by atoms with van der Waals surface area (Å²) in [6.45, 7) is 5.54. The van der Waals surface area contributed by atoms with Crippen LogP contribution in [0.1, 0.15) is 25.1 Å². The van der Waals surface area contributed by atoms with E-state index in [0.717, 1.165) is 11.3 Å². The number of carbonyl (C=O) groups is 1. The van der Waals surface area contributed by atoms with Crippen LogP contribution in [0.25, 0.3) is 0 Å². The summed E-state index contributed by atoms with van der Waals surface area (Å²) in [5, 5.41) is 13.2. The lowest BCUT2D eigenvalue weighted by molar-refractivity contribution is -0.144. The smallest absolute Gasteiger partial charge is 0.344 e. The Bertz CT molecular complexity index is 755. The molecule has 0 saturated carbocycles. The number of nitrogens with two attached hydrogens (primary N) is 1. The van der Waals surface area contributed by atoms with Crippen LogP contribution in [0.3, 0.4) is 0 Å². The highest BCUT2D eigenvalue weighted by molar-refractivity contribution is 5.81. The number of imidazole rings is 1. The first-order valence-corrected chi connectivity index (χ1v) is 7.42. The summed E-state index contributed by atoms with van der Waals surface area (Å²) in [7, 11) is 0. The predicted molar refractivity (Wildman–Crippen MR) is 89.7 cm³/mol. The fraction of sp³-hybridized carbons (Fsp3) is 0.312. The molecule has 1 atom stereocenters. The standard InChI is InChI=1S/C16H20N4O4/c1-4-23-14-7-12(5-6-13(14)24-11(3)15(21)22)8-18-20-9-10(2)19-16(20)17/h5-9,11H,4H2,1-3H3,(H2,17,19)(H,21,22). The van der Waals surface area contributed by atoms with Crippen molar-refractivity contribution >= 4 is 18.1 Å². The molecule has 1 unspecified atom stereocenters. The van der Waals surface area contributed by atoms with Crippen LogP contribution in [0, 0.1) is 6.92 Å². The summed E-state index contributed by atoms with van der Waals surface area (Å²) in [5.41, 5.74) is 7.25.